The first-order valence-electron chi connectivity index (χ1n) is 8.97. The summed E-state index contributed by atoms with van der Waals surface area (Å²) in [7, 11) is 0. The van der Waals surface area contributed by atoms with E-state index in [4.69, 9.17) is 4.74 Å². The number of fused-ring (bicyclic) bond motifs is 1. The van der Waals surface area contributed by atoms with E-state index in [1.807, 2.05) is 25.1 Å². The minimum Gasteiger partial charge on any atom is -0.371 e. The summed E-state index contributed by atoms with van der Waals surface area (Å²) in [6, 6.07) is 10.9. The van der Waals surface area contributed by atoms with Crippen LogP contribution in [0.5, 0.6) is 0 Å². The molecule has 1 aromatic carbocycles. The van der Waals surface area contributed by atoms with Crippen molar-refractivity contribution in [2.75, 3.05) is 19.7 Å². The van der Waals surface area contributed by atoms with Crippen LogP contribution in [0.4, 0.5) is 0 Å². The van der Waals surface area contributed by atoms with Crippen molar-refractivity contribution in [3.8, 4) is 0 Å². The van der Waals surface area contributed by atoms with E-state index in [1.165, 1.54) is 5.56 Å². The van der Waals surface area contributed by atoms with E-state index in [2.05, 4.69) is 27.4 Å². The van der Waals surface area contributed by atoms with Gasteiger partial charge < -0.3 is 10.1 Å². The number of rotatable bonds is 4. The lowest BCUT2D eigenvalue weighted by molar-refractivity contribution is -0.0502. The van der Waals surface area contributed by atoms with E-state index in [1.54, 1.807) is 17.1 Å². The molecule has 0 unspecified atom stereocenters. The number of carbonyl (C=O) groups is 1. The zero-order valence-electron chi connectivity index (χ0n) is 14.5. The summed E-state index contributed by atoms with van der Waals surface area (Å²) in [5.74, 6) is -0.0370. The van der Waals surface area contributed by atoms with E-state index < -0.39 is 0 Å². The molecule has 3 atom stereocenters. The van der Waals surface area contributed by atoms with Crippen molar-refractivity contribution >= 4 is 5.91 Å². The van der Waals surface area contributed by atoms with Gasteiger partial charge in [0.05, 0.1) is 24.5 Å². The normalized spacial score (nSPS) is 26.4. The van der Waals surface area contributed by atoms with Crippen molar-refractivity contribution in [2.45, 2.75) is 38.1 Å². The third-order valence-corrected chi connectivity index (χ3v) is 5.14. The van der Waals surface area contributed by atoms with Gasteiger partial charge in [0.2, 0.25) is 0 Å². The highest BCUT2D eigenvalue weighted by Crippen LogP contribution is 2.30. The van der Waals surface area contributed by atoms with Crippen LogP contribution in [-0.4, -0.2) is 52.4 Å². The maximum Gasteiger partial charge on any atom is 0.254 e. The molecule has 1 aromatic heterocycles. The molecule has 1 amide bonds. The van der Waals surface area contributed by atoms with Gasteiger partial charge in [0, 0.05) is 37.9 Å². The highest BCUT2D eigenvalue weighted by Gasteiger charge is 2.38. The predicted molar refractivity (Wildman–Crippen MR) is 94.3 cm³/mol. The summed E-state index contributed by atoms with van der Waals surface area (Å²) in [5.41, 5.74) is 1.85. The SMILES string of the molecule is CCn1cc(C(=O)N[C@@H]2C[C@H]3CO[C@@H](c4ccccc4)CN3C2)cn1. The van der Waals surface area contributed by atoms with Gasteiger partial charge in [-0.25, -0.2) is 0 Å². The summed E-state index contributed by atoms with van der Waals surface area (Å²) in [5, 5.41) is 7.33. The molecule has 3 heterocycles. The van der Waals surface area contributed by atoms with Gasteiger partial charge >= 0.3 is 0 Å². The quantitative estimate of drug-likeness (QED) is 0.923. The molecule has 6 heteroatoms. The van der Waals surface area contributed by atoms with E-state index >= 15 is 0 Å². The van der Waals surface area contributed by atoms with E-state index in [-0.39, 0.29) is 18.1 Å². The van der Waals surface area contributed by atoms with Gasteiger partial charge in [0.1, 0.15) is 0 Å². The number of carbonyl (C=O) groups excluding carboxylic acids is 1. The molecule has 2 aliphatic rings. The van der Waals surface area contributed by atoms with Gasteiger partial charge in [-0.05, 0) is 18.9 Å². The monoisotopic (exact) mass is 340 g/mol. The summed E-state index contributed by atoms with van der Waals surface area (Å²) in [6.45, 7) is 5.26. The molecule has 0 saturated carbocycles. The van der Waals surface area contributed by atoms with Crippen molar-refractivity contribution in [3.63, 3.8) is 0 Å². The number of hydrogen-bond donors (Lipinski definition) is 1. The minimum absolute atomic E-state index is 0.0370. The molecule has 25 heavy (non-hydrogen) atoms. The van der Waals surface area contributed by atoms with Gasteiger partial charge in [0.15, 0.2) is 0 Å². The zero-order chi connectivity index (χ0) is 17.2. The highest BCUT2D eigenvalue weighted by molar-refractivity contribution is 5.93. The number of nitrogens with one attached hydrogen (secondary N) is 1. The molecule has 4 rings (SSSR count). The fraction of sp³-hybridized carbons (Fsp3) is 0.474. The van der Waals surface area contributed by atoms with Crippen molar-refractivity contribution in [2.24, 2.45) is 0 Å². The maximum absolute atomic E-state index is 12.4. The average molecular weight is 340 g/mol. The van der Waals surface area contributed by atoms with Crippen LogP contribution in [0.1, 0.15) is 35.4 Å². The Morgan fingerprint density at radius 2 is 2.16 bits per heavy atom. The molecule has 2 aliphatic heterocycles. The molecular weight excluding hydrogens is 316 g/mol. The van der Waals surface area contributed by atoms with E-state index in [0.717, 1.165) is 32.7 Å². The van der Waals surface area contributed by atoms with Crippen LogP contribution >= 0.6 is 0 Å². The first kappa shape index (κ1) is 16.3. The Morgan fingerprint density at radius 1 is 1.32 bits per heavy atom. The second-order valence-electron chi connectivity index (χ2n) is 6.83. The zero-order valence-corrected chi connectivity index (χ0v) is 14.5. The molecule has 0 bridgehead atoms. The molecule has 0 radical (unpaired) electrons. The molecule has 2 fully saturated rings. The molecule has 132 valence electrons. The second-order valence-corrected chi connectivity index (χ2v) is 6.83. The van der Waals surface area contributed by atoms with Crippen LogP contribution in [0.15, 0.2) is 42.7 Å². The summed E-state index contributed by atoms with van der Waals surface area (Å²) in [4.78, 5) is 14.9. The van der Waals surface area contributed by atoms with Crippen LogP contribution in [0, 0.1) is 0 Å². The number of aromatic nitrogens is 2. The lowest BCUT2D eigenvalue weighted by Gasteiger charge is -2.35. The van der Waals surface area contributed by atoms with Crippen LogP contribution < -0.4 is 5.32 Å². The number of amides is 1. The Labute approximate surface area is 147 Å². The Kier molecular flexibility index (Phi) is 4.55. The third kappa shape index (κ3) is 3.45. The minimum atomic E-state index is -0.0370. The lowest BCUT2D eigenvalue weighted by atomic mass is 10.1. The fourth-order valence-corrected chi connectivity index (χ4v) is 3.77. The number of aryl methyl sites for hydroxylation is 1. The lowest BCUT2D eigenvalue weighted by Crippen LogP contribution is -2.43. The molecule has 2 aromatic rings. The molecule has 1 N–H and O–H groups in total. The van der Waals surface area contributed by atoms with Crippen LogP contribution in [-0.2, 0) is 11.3 Å². The summed E-state index contributed by atoms with van der Waals surface area (Å²) >= 11 is 0. The number of morpholine rings is 1. The molecule has 0 spiro atoms. The summed E-state index contributed by atoms with van der Waals surface area (Å²) < 4.78 is 7.84. The van der Waals surface area contributed by atoms with Gasteiger partial charge in [-0.2, -0.15) is 5.10 Å². The van der Waals surface area contributed by atoms with Crippen LogP contribution in [0.25, 0.3) is 0 Å². The fourth-order valence-electron chi connectivity index (χ4n) is 3.77. The summed E-state index contributed by atoms with van der Waals surface area (Å²) in [6.07, 6.45) is 4.49. The third-order valence-electron chi connectivity index (χ3n) is 5.14. The molecule has 6 nitrogen and oxygen atoms in total. The standard InChI is InChI=1S/C19H24N4O2/c1-2-23-10-15(9-20-23)19(24)21-16-8-17-13-25-18(12-22(17)11-16)14-6-4-3-5-7-14/h3-7,9-10,16-18H,2,8,11-13H2,1H3,(H,21,24)/t16-,17+,18-/m1/s1. The highest BCUT2D eigenvalue weighted by atomic mass is 16.5. The Morgan fingerprint density at radius 3 is 2.92 bits per heavy atom. The molecular formula is C19H24N4O2. The van der Waals surface area contributed by atoms with E-state index in [0.29, 0.717) is 11.6 Å². The van der Waals surface area contributed by atoms with Gasteiger partial charge in [0.25, 0.3) is 5.91 Å². The largest absolute Gasteiger partial charge is 0.371 e. The average Bonchev–Trinajstić information content (AvgIpc) is 3.28. The number of nitrogens with zero attached hydrogens (tertiary/aromatic N) is 3. The van der Waals surface area contributed by atoms with E-state index in [9.17, 15) is 4.79 Å². The number of ether oxygens (including phenoxy) is 1. The Balaban J connectivity index is 1.35. The second kappa shape index (κ2) is 6.98. The van der Waals surface area contributed by atoms with Crippen LogP contribution in [0.3, 0.4) is 0 Å². The van der Waals surface area contributed by atoms with Gasteiger partial charge in [-0.1, -0.05) is 30.3 Å². The first-order chi connectivity index (χ1) is 12.2. The molecule has 2 saturated heterocycles. The molecule has 0 aliphatic carbocycles. The smallest absolute Gasteiger partial charge is 0.254 e. The first-order valence-corrected chi connectivity index (χ1v) is 8.97. The predicted octanol–water partition coefficient (Wildman–Crippen LogP) is 1.85. The Bertz CT molecular complexity index is 730. The number of hydrogen-bond acceptors (Lipinski definition) is 4. The van der Waals surface area contributed by atoms with Crippen molar-refractivity contribution in [3.05, 3.63) is 53.9 Å². The van der Waals surface area contributed by atoms with Gasteiger partial charge in [-0.3, -0.25) is 14.4 Å². The topological polar surface area (TPSA) is 59.4 Å². The van der Waals surface area contributed by atoms with Crippen LogP contribution in [0.2, 0.25) is 0 Å². The van der Waals surface area contributed by atoms with Crippen molar-refractivity contribution in [1.82, 2.24) is 20.0 Å². The van der Waals surface area contributed by atoms with Gasteiger partial charge in [-0.15, -0.1) is 0 Å². The Hall–Kier alpha value is -2.18. The maximum atomic E-state index is 12.4. The number of benzene rings is 1. The van der Waals surface area contributed by atoms with Crippen molar-refractivity contribution < 1.29 is 9.53 Å². The van der Waals surface area contributed by atoms with Crippen molar-refractivity contribution in [1.29, 1.82) is 0 Å².